The Morgan fingerprint density at radius 3 is 1.26 bits per heavy atom. The van der Waals surface area contributed by atoms with Gasteiger partial charge in [0.25, 0.3) is 10.0 Å². The van der Waals surface area contributed by atoms with E-state index in [1.165, 1.54) is 0 Å². The van der Waals surface area contributed by atoms with Gasteiger partial charge in [-0.05, 0) is 66.6 Å². The number of aromatic nitrogens is 4. The van der Waals surface area contributed by atoms with Gasteiger partial charge in [-0.25, -0.2) is 26.8 Å². The molecule has 0 atom stereocenters. The Hall–Kier alpha value is -10.7. The molecule has 0 unspecified atom stereocenters. The first-order valence-electron chi connectivity index (χ1n) is 28.0. The summed E-state index contributed by atoms with van der Waals surface area (Å²) in [4.78, 5) is 9.72. The molecule has 0 aliphatic carbocycles. The molecule has 4 heterocycles. The van der Waals surface area contributed by atoms with Gasteiger partial charge < -0.3 is 22.0 Å². The molecule has 12 aromatic rings. The third kappa shape index (κ3) is 11.0. The van der Waals surface area contributed by atoms with Crippen LogP contribution in [0.1, 0.15) is 17.3 Å². The maximum Gasteiger partial charge on any atom is 0.512 e. The van der Waals surface area contributed by atoms with Crippen molar-refractivity contribution in [3.8, 4) is 40.4 Å². The van der Waals surface area contributed by atoms with E-state index < -0.39 is 75.7 Å². The van der Waals surface area contributed by atoms with Crippen LogP contribution in [0.3, 0.4) is 0 Å². The number of hydrogen-bond acceptors (Lipinski definition) is 13. The van der Waals surface area contributed by atoms with E-state index in [-0.39, 0.29) is 66.8 Å². The highest BCUT2D eigenvalue weighted by molar-refractivity contribution is 8.05. The van der Waals surface area contributed by atoms with Gasteiger partial charge in [0.05, 0.1) is 10.7 Å². The second kappa shape index (κ2) is 24.0. The molecule has 12 rings (SSSR count). The Morgan fingerprint density at radius 2 is 0.863 bits per heavy atom. The quantitative estimate of drug-likeness (QED) is 0.0480. The van der Waals surface area contributed by atoms with Crippen LogP contribution in [0, 0.1) is 29.6 Å². The molecule has 0 aliphatic rings. The lowest BCUT2D eigenvalue weighted by molar-refractivity contribution is -0.245. The van der Waals surface area contributed by atoms with Crippen LogP contribution >= 0.6 is 0 Å². The molecule has 0 amide bonds. The van der Waals surface area contributed by atoms with Crippen LogP contribution in [0.4, 0.5) is 39.5 Å². The molecule has 95 heavy (non-hydrogen) atoms. The maximum atomic E-state index is 15.8. The topological polar surface area (TPSA) is 233 Å². The van der Waals surface area contributed by atoms with Crippen molar-refractivity contribution in [1.29, 1.82) is 10.5 Å². The summed E-state index contributed by atoms with van der Waals surface area (Å²) in [5.41, 5.74) is -2.42. The van der Waals surface area contributed by atoms with Crippen LogP contribution in [0.2, 0.25) is 0 Å². The highest BCUT2D eigenvalue weighted by atomic mass is 32.3. The minimum atomic E-state index is -8.12. The van der Waals surface area contributed by atoms with Crippen molar-refractivity contribution < 1.29 is 77.8 Å². The number of fused-ring (bicyclic) bond motifs is 3. The predicted octanol–water partition coefficient (Wildman–Crippen LogP) is 9.42. The van der Waals surface area contributed by atoms with E-state index in [1.807, 2.05) is 47.8 Å². The van der Waals surface area contributed by atoms with Crippen LogP contribution < -0.4 is 40.9 Å². The summed E-state index contributed by atoms with van der Waals surface area (Å²) in [5.74, 6) is -9.61. The first kappa shape index (κ1) is 64.5. The van der Waals surface area contributed by atoms with Crippen LogP contribution in [0.5, 0.6) is 5.75 Å². The lowest BCUT2D eigenvalue weighted by atomic mass is 9.50. The van der Waals surface area contributed by atoms with Crippen LogP contribution in [-0.2, 0) is 30.2 Å². The molecule has 30 heteroatoms. The van der Waals surface area contributed by atoms with Crippen LogP contribution in [0.25, 0.3) is 66.6 Å². The van der Waals surface area contributed by atoms with Gasteiger partial charge in [0.15, 0.2) is 11.2 Å². The van der Waals surface area contributed by atoms with Crippen molar-refractivity contribution in [2.75, 3.05) is 0 Å². The third-order valence-electron chi connectivity index (χ3n) is 15.5. The van der Waals surface area contributed by atoms with E-state index in [2.05, 4.69) is 16.3 Å². The Bertz CT molecular complexity index is 5340. The standard InChI is InChI=1S/C65H40B2F9N7O9S3/c1-40-20-14-15-29-47(40)57-55-54(58(48(38-77)60-79-50-30-16-18-32-52(50)90-60)83(57)67(44-25-10-4-11-26-44)45-27-12-5-13-28-45)56(41-34-36-46(37-35-41)92-95(88,89)64(72,73)62(68,69)63(70,71)93(84,85)81-94(86,87)65(74,75)76)82(66(42-21-6-2-7-22-42)43-23-8-3-9-24-43)59(55)49(39-78)61-80-51-31-17-19-33-53(51)91-61/h2-37,81H,1H3/b58-48-,59-49-. The van der Waals surface area contributed by atoms with Crippen molar-refractivity contribution >= 4 is 110 Å². The molecule has 0 spiro atoms. The highest BCUT2D eigenvalue weighted by Crippen LogP contribution is 2.51. The molecule has 4 aromatic heterocycles. The Morgan fingerprint density at radius 1 is 0.484 bits per heavy atom. The van der Waals surface area contributed by atoms with Crippen molar-refractivity contribution in [2.24, 2.45) is 0 Å². The Balaban J connectivity index is 1.27. The fourth-order valence-electron chi connectivity index (χ4n) is 11.3. The fraction of sp³-hybridized carbons (Fsp3) is 0.0769. The summed E-state index contributed by atoms with van der Waals surface area (Å²) < 4.78 is 227. The first-order chi connectivity index (χ1) is 45.1. The number of hydrogen-bond donors (Lipinski definition) is 1. The lowest BCUT2D eigenvalue weighted by Gasteiger charge is -2.31. The van der Waals surface area contributed by atoms with Crippen LogP contribution in [0.15, 0.2) is 227 Å². The van der Waals surface area contributed by atoms with Crippen molar-refractivity contribution in [3.63, 3.8) is 0 Å². The van der Waals surface area contributed by atoms with Gasteiger partial charge in [0.1, 0.15) is 40.1 Å². The smallest absolute Gasteiger partial charge is 0.435 e. The Labute approximate surface area is 534 Å². The van der Waals surface area contributed by atoms with E-state index in [9.17, 15) is 48.9 Å². The van der Waals surface area contributed by atoms with Gasteiger partial charge in [-0.2, -0.15) is 58.5 Å². The number of halogens is 9. The van der Waals surface area contributed by atoms with E-state index >= 15 is 26.3 Å². The second-order valence-corrected chi connectivity index (χ2v) is 26.5. The number of sulfonamides is 2. The van der Waals surface area contributed by atoms with Gasteiger partial charge >= 0.3 is 55.8 Å². The number of oxazole rings is 2. The fourth-order valence-corrected chi connectivity index (χ4v) is 14.7. The van der Waals surface area contributed by atoms with Crippen molar-refractivity contribution in [2.45, 2.75) is 28.9 Å². The number of alkyl halides is 9. The first-order valence-corrected chi connectivity index (χ1v) is 32.4. The summed E-state index contributed by atoms with van der Waals surface area (Å²) in [6.07, 6.45) is 0. The maximum absolute atomic E-state index is 15.8. The monoisotopic (exact) mass is 1350 g/mol. The Kier molecular flexibility index (Phi) is 16.3. The largest absolute Gasteiger partial charge is 0.512 e. The average Bonchev–Trinajstić information content (AvgIpc) is 1.52. The molecule has 0 saturated heterocycles. The molecule has 1 N–H and O–H groups in total. The number of rotatable bonds is 18. The minimum absolute atomic E-state index is 0.00122. The summed E-state index contributed by atoms with van der Waals surface area (Å²) in [6, 6.07) is 64.3. The second-order valence-electron chi connectivity index (χ2n) is 21.3. The molecule has 0 aliphatic heterocycles. The van der Waals surface area contributed by atoms with E-state index in [0.717, 1.165) is 12.1 Å². The zero-order valence-corrected chi connectivity index (χ0v) is 50.9. The molecular formula is C65H40B2F9N7O9S3. The number of nitriles is 2. The zero-order valence-electron chi connectivity index (χ0n) is 48.4. The number of benzene rings is 8. The van der Waals surface area contributed by atoms with Gasteiger partial charge in [-0.15, -0.1) is 0 Å². The van der Waals surface area contributed by atoms with E-state index in [1.54, 1.807) is 162 Å². The molecular weight excluding hydrogens is 1310 g/mol. The molecule has 0 saturated carbocycles. The molecule has 16 nitrogen and oxygen atoms in total. The van der Waals surface area contributed by atoms with E-state index in [0.29, 0.717) is 61.8 Å². The van der Waals surface area contributed by atoms with Gasteiger partial charge in [-0.1, -0.05) is 196 Å². The SMILES string of the molecule is Cc1ccccc1-c1c2/c(=C(\C#N)c3nc4ccccc4o3)n(B(c3ccccc3)c3ccccc3)c(-c3ccc(OS(=O)(=O)C(F)(F)C(F)(F)C(F)(F)S(=O)(=O)NS(=O)(=O)C(F)(F)F)cc3)c2/c(=C(\C#N)c2nc3ccccc3o2)n1B(c1ccccc1)c1ccccc1. The summed E-state index contributed by atoms with van der Waals surface area (Å²) >= 11 is 0. The normalized spacial score (nSPS) is 13.3. The van der Waals surface area contributed by atoms with Crippen molar-refractivity contribution in [3.05, 3.63) is 246 Å². The van der Waals surface area contributed by atoms with Gasteiger partial charge in [0.2, 0.25) is 11.8 Å². The minimum Gasteiger partial charge on any atom is -0.435 e. The summed E-state index contributed by atoms with van der Waals surface area (Å²) in [6.45, 7) is -0.240. The average molecular weight is 1350 g/mol. The number of nitrogens with zero attached hydrogens (tertiary/aromatic N) is 6. The van der Waals surface area contributed by atoms with E-state index in [4.69, 9.17) is 18.8 Å². The molecule has 0 bridgehead atoms. The van der Waals surface area contributed by atoms with Gasteiger partial charge in [0, 0.05) is 27.7 Å². The molecule has 476 valence electrons. The predicted molar refractivity (Wildman–Crippen MR) is 337 cm³/mol. The number of nitrogens with one attached hydrogen (secondary N) is 1. The van der Waals surface area contributed by atoms with Gasteiger partial charge in [-0.3, -0.25) is 0 Å². The molecule has 0 fully saturated rings. The van der Waals surface area contributed by atoms with Crippen LogP contribution in [-0.4, -0.2) is 79.8 Å². The number of para-hydroxylation sites is 4. The molecule has 0 radical (unpaired) electrons. The number of aryl methyl sites for hydroxylation is 1. The molecule has 8 aromatic carbocycles. The highest BCUT2D eigenvalue weighted by Gasteiger charge is 2.83. The third-order valence-corrected chi connectivity index (χ3v) is 20.1. The summed E-state index contributed by atoms with van der Waals surface area (Å²) in [7, 11) is -23.3. The lowest BCUT2D eigenvalue weighted by Crippen LogP contribution is -2.64. The zero-order chi connectivity index (χ0) is 67.6. The van der Waals surface area contributed by atoms with Crippen molar-refractivity contribution in [1.82, 2.24) is 23.1 Å². The summed E-state index contributed by atoms with van der Waals surface area (Å²) in [5, 5.41) is 9.55.